The largest absolute Gasteiger partial charge is 0.325 e. The molecule has 0 amide bonds. The van der Waals surface area contributed by atoms with Crippen molar-refractivity contribution in [2.24, 2.45) is 11.7 Å². The topological polar surface area (TPSA) is 26.0 Å². The first-order valence-electron chi connectivity index (χ1n) is 4.98. The molecule has 0 unspecified atom stereocenters. The van der Waals surface area contributed by atoms with Crippen LogP contribution in [0.4, 0.5) is 8.78 Å². The molecule has 13 heavy (non-hydrogen) atoms. The van der Waals surface area contributed by atoms with Crippen LogP contribution in [0.15, 0.2) is 0 Å². The molecule has 0 spiro atoms. The summed E-state index contributed by atoms with van der Waals surface area (Å²) < 4.78 is 27.1. The predicted molar refractivity (Wildman–Crippen MR) is 49.8 cm³/mol. The Morgan fingerprint density at radius 2 is 1.69 bits per heavy atom. The standard InChI is InChI=1S/C10H19F2N/c1-9(2,13)7-10(11,12)8-5-3-4-6-8/h8H,3-7,13H2,1-2H3. The Balaban J connectivity index is 2.53. The molecule has 1 fully saturated rings. The molecule has 0 atom stereocenters. The third kappa shape index (κ3) is 3.22. The highest BCUT2D eigenvalue weighted by atomic mass is 19.3. The molecule has 0 saturated heterocycles. The summed E-state index contributed by atoms with van der Waals surface area (Å²) in [6.45, 7) is 3.33. The third-order valence-corrected chi connectivity index (χ3v) is 2.64. The van der Waals surface area contributed by atoms with Crippen molar-refractivity contribution < 1.29 is 8.78 Å². The van der Waals surface area contributed by atoms with Crippen molar-refractivity contribution in [1.82, 2.24) is 0 Å². The molecule has 0 aromatic rings. The van der Waals surface area contributed by atoms with Gasteiger partial charge in [0, 0.05) is 17.9 Å². The Bertz CT molecular complexity index is 166. The van der Waals surface area contributed by atoms with E-state index in [1.165, 1.54) is 0 Å². The first-order chi connectivity index (χ1) is 5.81. The fourth-order valence-electron chi connectivity index (χ4n) is 2.10. The number of hydrogen-bond acceptors (Lipinski definition) is 1. The van der Waals surface area contributed by atoms with Gasteiger partial charge in [0.2, 0.25) is 0 Å². The van der Waals surface area contributed by atoms with Gasteiger partial charge in [-0.3, -0.25) is 0 Å². The lowest BCUT2D eigenvalue weighted by atomic mass is 9.88. The van der Waals surface area contributed by atoms with Crippen molar-refractivity contribution in [2.45, 2.75) is 57.4 Å². The molecule has 78 valence electrons. The first kappa shape index (κ1) is 10.9. The molecule has 0 aromatic heterocycles. The number of halogens is 2. The summed E-state index contributed by atoms with van der Waals surface area (Å²) in [6, 6.07) is 0. The lowest BCUT2D eigenvalue weighted by molar-refractivity contribution is -0.0754. The van der Waals surface area contributed by atoms with Crippen molar-refractivity contribution in [1.29, 1.82) is 0 Å². The predicted octanol–water partition coefficient (Wildman–Crippen LogP) is 2.94. The van der Waals surface area contributed by atoms with E-state index >= 15 is 0 Å². The molecule has 0 aliphatic heterocycles. The highest BCUT2D eigenvalue weighted by molar-refractivity contribution is 4.88. The van der Waals surface area contributed by atoms with Crippen LogP contribution in [-0.2, 0) is 0 Å². The van der Waals surface area contributed by atoms with Gasteiger partial charge in [-0.1, -0.05) is 12.8 Å². The summed E-state index contributed by atoms with van der Waals surface area (Å²) in [4.78, 5) is 0. The summed E-state index contributed by atoms with van der Waals surface area (Å²) >= 11 is 0. The van der Waals surface area contributed by atoms with Gasteiger partial charge in [-0.2, -0.15) is 0 Å². The van der Waals surface area contributed by atoms with Crippen LogP contribution in [0, 0.1) is 5.92 Å². The summed E-state index contributed by atoms with van der Waals surface area (Å²) in [6.07, 6.45) is 3.05. The van der Waals surface area contributed by atoms with Gasteiger partial charge >= 0.3 is 0 Å². The molecule has 1 rings (SSSR count). The number of rotatable bonds is 3. The van der Waals surface area contributed by atoms with E-state index in [0.29, 0.717) is 12.8 Å². The summed E-state index contributed by atoms with van der Waals surface area (Å²) in [7, 11) is 0. The normalized spacial score (nSPS) is 21.0. The van der Waals surface area contributed by atoms with E-state index in [1.807, 2.05) is 0 Å². The van der Waals surface area contributed by atoms with Crippen molar-refractivity contribution >= 4 is 0 Å². The monoisotopic (exact) mass is 191 g/mol. The number of alkyl halides is 2. The van der Waals surface area contributed by atoms with Gasteiger partial charge in [-0.25, -0.2) is 8.78 Å². The molecule has 1 aliphatic rings. The van der Waals surface area contributed by atoms with E-state index in [0.717, 1.165) is 12.8 Å². The van der Waals surface area contributed by atoms with E-state index in [2.05, 4.69) is 0 Å². The van der Waals surface area contributed by atoms with Crippen molar-refractivity contribution in [2.75, 3.05) is 0 Å². The quantitative estimate of drug-likeness (QED) is 0.729. The van der Waals surface area contributed by atoms with Gasteiger partial charge < -0.3 is 5.73 Å². The van der Waals surface area contributed by atoms with Crippen molar-refractivity contribution in [3.63, 3.8) is 0 Å². The molecular weight excluding hydrogens is 172 g/mol. The average Bonchev–Trinajstić information content (AvgIpc) is 2.29. The fraction of sp³-hybridized carbons (Fsp3) is 1.00. The molecule has 0 bridgehead atoms. The van der Waals surface area contributed by atoms with Gasteiger partial charge in [0.1, 0.15) is 0 Å². The highest BCUT2D eigenvalue weighted by Gasteiger charge is 2.43. The van der Waals surface area contributed by atoms with Crippen LogP contribution in [0.25, 0.3) is 0 Å². The second-order valence-electron chi connectivity index (χ2n) is 4.91. The van der Waals surface area contributed by atoms with Gasteiger partial charge in [-0.15, -0.1) is 0 Å². The van der Waals surface area contributed by atoms with Crippen LogP contribution in [0.5, 0.6) is 0 Å². The number of hydrogen-bond donors (Lipinski definition) is 1. The van der Waals surface area contributed by atoms with Gasteiger partial charge in [0.25, 0.3) is 5.92 Å². The van der Waals surface area contributed by atoms with Crippen LogP contribution >= 0.6 is 0 Å². The minimum absolute atomic E-state index is 0.190. The van der Waals surface area contributed by atoms with Gasteiger partial charge in [-0.05, 0) is 26.7 Å². The SMILES string of the molecule is CC(C)(N)CC(F)(F)C1CCCC1. The maximum atomic E-state index is 13.5. The maximum absolute atomic E-state index is 13.5. The molecule has 3 heteroatoms. The lowest BCUT2D eigenvalue weighted by Gasteiger charge is -2.29. The van der Waals surface area contributed by atoms with Crippen LogP contribution in [-0.4, -0.2) is 11.5 Å². The van der Waals surface area contributed by atoms with Gasteiger partial charge in [0.15, 0.2) is 0 Å². The van der Waals surface area contributed by atoms with E-state index in [4.69, 9.17) is 5.73 Å². The molecule has 0 heterocycles. The smallest absolute Gasteiger partial charge is 0.252 e. The summed E-state index contributed by atoms with van der Waals surface area (Å²) in [5.74, 6) is -2.98. The molecule has 2 N–H and O–H groups in total. The van der Waals surface area contributed by atoms with E-state index < -0.39 is 17.4 Å². The maximum Gasteiger partial charge on any atom is 0.252 e. The third-order valence-electron chi connectivity index (χ3n) is 2.64. The van der Waals surface area contributed by atoms with Gasteiger partial charge in [0.05, 0.1) is 0 Å². The second kappa shape index (κ2) is 3.52. The molecule has 1 nitrogen and oxygen atoms in total. The van der Waals surface area contributed by atoms with Crippen LogP contribution < -0.4 is 5.73 Å². The molecule has 0 aromatic carbocycles. The molecule has 0 radical (unpaired) electrons. The Hall–Kier alpha value is -0.180. The zero-order valence-corrected chi connectivity index (χ0v) is 8.45. The molecular formula is C10H19F2N. The fourth-order valence-corrected chi connectivity index (χ4v) is 2.10. The highest BCUT2D eigenvalue weighted by Crippen LogP contribution is 2.41. The van der Waals surface area contributed by atoms with Crippen LogP contribution in [0.3, 0.4) is 0 Å². The van der Waals surface area contributed by atoms with E-state index in [1.54, 1.807) is 13.8 Å². The van der Waals surface area contributed by atoms with Crippen LogP contribution in [0.2, 0.25) is 0 Å². The van der Waals surface area contributed by atoms with Crippen LogP contribution in [0.1, 0.15) is 46.0 Å². The minimum atomic E-state index is -2.56. The minimum Gasteiger partial charge on any atom is -0.325 e. The number of nitrogens with two attached hydrogens (primary N) is 1. The Morgan fingerprint density at radius 3 is 2.08 bits per heavy atom. The van der Waals surface area contributed by atoms with E-state index in [-0.39, 0.29) is 6.42 Å². The summed E-state index contributed by atoms with van der Waals surface area (Å²) in [5, 5.41) is 0. The van der Waals surface area contributed by atoms with E-state index in [9.17, 15) is 8.78 Å². The zero-order chi connectivity index (χ0) is 10.1. The van der Waals surface area contributed by atoms with Crippen molar-refractivity contribution in [3.05, 3.63) is 0 Å². The zero-order valence-electron chi connectivity index (χ0n) is 8.45. The summed E-state index contributed by atoms with van der Waals surface area (Å²) in [5.41, 5.74) is 4.85. The Labute approximate surface area is 78.7 Å². The lowest BCUT2D eigenvalue weighted by Crippen LogP contribution is -2.42. The molecule has 1 saturated carbocycles. The van der Waals surface area contributed by atoms with Crippen molar-refractivity contribution in [3.8, 4) is 0 Å². The average molecular weight is 191 g/mol. The first-order valence-corrected chi connectivity index (χ1v) is 4.98. The molecule has 1 aliphatic carbocycles. The Morgan fingerprint density at radius 1 is 1.23 bits per heavy atom. The Kier molecular flexibility index (Phi) is 2.95. The second-order valence-corrected chi connectivity index (χ2v) is 4.91.